The van der Waals surface area contributed by atoms with Crippen molar-refractivity contribution in [3.05, 3.63) is 47.8 Å². The molecule has 1 aliphatic rings. The Morgan fingerprint density at radius 1 is 1.10 bits per heavy atom. The number of pyridine rings is 1. The molecule has 0 saturated carbocycles. The third kappa shape index (κ3) is 3.85. The lowest BCUT2D eigenvalue weighted by molar-refractivity contribution is -0.00553. The van der Waals surface area contributed by atoms with Crippen molar-refractivity contribution in [1.82, 2.24) is 15.2 Å². The molecule has 1 aliphatic heterocycles. The molecule has 6 nitrogen and oxygen atoms in total. The van der Waals surface area contributed by atoms with Crippen LogP contribution in [0.5, 0.6) is 0 Å². The van der Waals surface area contributed by atoms with E-state index in [1.807, 2.05) is 13.8 Å². The van der Waals surface area contributed by atoms with Crippen LogP contribution in [0, 0.1) is 11.6 Å². The van der Waals surface area contributed by atoms with Gasteiger partial charge in [-0.2, -0.15) is 0 Å². The Morgan fingerprint density at radius 2 is 1.76 bits per heavy atom. The van der Waals surface area contributed by atoms with Gasteiger partial charge < -0.3 is 14.7 Å². The van der Waals surface area contributed by atoms with Crippen LogP contribution in [-0.2, 0) is 11.3 Å². The molecule has 29 heavy (non-hydrogen) atoms. The summed E-state index contributed by atoms with van der Waals surface area (Å²) in [5.41, 5.74) is 1.16. The summed E-state index contributed by atoms with van der Waals surface area (Å²) < 4.78 is 35.9. The first-order valence-corrected chi connectivity index (χ1v) is 10.1. The number of morpholine rings is 1. The average Bonchev–Trinajstić information content (AvgIpc) is 3.19. The van der Waals surface area contributed by atoms with Crippen molar-refractivity contribution in [3.63, 3.8) is 0 Å². The Balaban J connectivity index is 1.75. The highest BCUT2D eigenvalue weighted by Crippen LogP contribution is 2.37. The van der Waals surface area contributed by atoms with Gasteiger partial charge in [0.2, 0.25) is 0 Å². The zero-order chi connectivity index (χ0) is 20.5. The Labute approximate surface area is 170 Å². The number of rotatable bonds is 4. The van der Waals surface area contributed by atoms with Crippen molar-refractivity contribution in [1.29, 1.82) is 0 Å². The first kappa shape index (κ1) is 19.8. The van der Waals surface area contributed by atoms with E-state index in [4.69, 9.17) is 4.74 Å². The summed E-state index contributed by atoms with van der Waals surface area (Å²) in [4.78, 5) is 5.69. The molecule has 0 amide bonds. The Bertz CT molecular complexity index is 1010. The maximum atomic E-state index is 15.1. The van der Waals surface area contributed by atoms with Crippen molar-refractivity contribution >= 4 is 17.0 Å². The average molecular weight is 418 g/mol. The van der Waals surface area contributed by atoms with E-state index in [-0.39, 0.29) is 28.5 Å². The SMILES string of the molecule is CC1CN(c2c(CO)cc(-c3nnc(-c4ccncc4)s3)c(F)c2F)CC(C)O1. The number of nitrogens with zero attached hydrogens (tertiary/aromatic N) is 4. The predicted octanol–water partition coefficient (Wildman–Crippen LogP) is 3.65. The lowest BCUT2D eigenvalue weighted by Crippen LogP contribution is -2.46. The normalized spacial score (nSPS) is 19.6. The van der Waals surface area contributed by atoms with Crippen molar-refractivity contribution in [2.24, 2.45) is 0 Å². The molecule has 3 heterocycles. The molecular weight excluding hydrogens is 398 g/mol. The van der Waals surface area contributed by atoms with Crippen LogP contribution in [0.4, 0.5) is 14.5 Å². The quantitative estimate of drug-likeness (QED) is 0.697. The van der Waals surface area contributed by atoms with Crippen molar-refractivity contribution in [3.8, 4) is 21.1 Å². The van der Waals surface area contributed by atoms with E-state index in [2.05, 4.69) is 15.2 Å². The van der Waals surface area contributed by atoms with Gasteiger partial charge in [0.25, 0.3) is 0 Å². The lowest BCUT2D eigenvalue weighted by Gasteiger charge is -2.38. The van der Waals surface area contributed by atoms with Crippen LogP contribution in [-0.4, -0.2) is 45.6 Å². The maximum Gasteiger partial charge on any atom is 0.183 e. The lowest BCUT2D eigenvalue weighted by atomic mass is 10.0. The second kappa shape index (κ2) is 8.10. The van der Waals surface area contributed by atoms with E-state index in [9.17, 15) is 5.11 Å². The molecular formula is C20H20F2N4O2S. The molecule has 3 aromatic rings. The van der Waals surface area contributed by atoms with E-state index in [0.717, 1.165) is 16.9 Å². The van der Waals surface area contributed by atoms with Gasteiger partial charge in [0, 0.05) is 36.6 Å². The van der Waals surface area contributed by atoms with Gasteiger partial charge in [0.15, 0.2) is 16.6 Å². The first-order valence-electron chi connectivity index (χ1n) is 9.24. The Morgan fingerprint density at radius 3 is 2.41 bits per heavy atom. The highest BCUT2D eigenvalue weighted by molar-refractivity contribution is 7.17. The second-order valence-electron chi connectivity index (χ2n) is 7.03. The number of benzene rings is 1. The van der Waals surface area contributed by atoms with Crippen molar-refractivity contribution in [2.45, 2.75) is 32.7 Å². The zero-order valence-electron chi connectivity index (χ0n) is 16.0. The predicted molar refractivity (Wildman–Crippen MR) is 107 cm³/mol. The number of aromatic nitrogens is 3. The van der Waals surface area contributed by atoms with Crippen molar-refractivity contribution < 1.29 is 18.6 Å². The molecule has 9 heteroatoms. The smallest absolute Gasteiger partial charge is 0.183 e. The molecule has 2 atom stereocenters. The number of hydrogen-bond acceptors (Lipinski definition) is 7. The van der Waals surface area contributed by atoms with Crippen LogP contribution < -0.4 is 4.90 Å². The van der Waals surface area contributed by atoms with E-state index >= 15 is 8.78 Å². The molecule has 0 aliphatic carbocycles. The highest BCUT2D eigenvalue weighted by Gasteiger charge is 2.29. The summed E-state index contributed by atoms with van der Waals surface area (Å²) in [5, 5.41) is 18.8. The molecule has 1 saturated heterocycles. The van der Waals surface area contributed by atoms with Gasteiger partial charge in [-0.1, -0.05) is 11.3 Å². The fourth-order valence-corrected chi connectivity index (χ4v) is 4.45. The minimum absolute atomic E-state index is 0.0116. The molecule has 1 fully saturated rings. The summed E-state index contributed by atoms with van der Waals surface area (Å²) in [6.07, 6.45) is 3.00. The highest BCUT2D eigenvalue weighted by atomic mass is 32.1. The van der Waals surface area contributed by atoms with Gasteiger partial charge in [-0.3, -0.25) is 4.98 Å². The Hall–Kier alpha value is -2.49. The summed E-state index contributed by atoms with van der Waals surface area (Å²) in [6.45, 7) is 4.17. The van der Waals surface area contributed by atoms with Gasteiger partial charge in [0.05, 0.1) is 30.1 Å². The van der Waals surface area contributed by atoms with Crippen LogP contribution in [0.2, 0.25) is 0 Å². The molecule has 1 aromatic carbocycles. The van der Waals surface area contributed by atoms with E-state index in [1.54, 1.807) is 29.4 Å². The largest absolute Gasteiger partial charge is 0.392 e. The van der Waals surface area contributed by atoms with Crippen LogP contribution in [0.25, 0.3) is 21.1 Å². The maximum absolute atomic E-state index is 15.1. The number of aliphatic hydroxyl groups is 1. The number of hydrogen-bond donors (Lipinski definition) is 1. The van der Waals surface area contributed by atoms with E-state index < -0.39 is 18.2 Å². The van der Waals surface area contributed by atoms with Gasteiger partial charge in [-0.05, 0) is 32.0 Å². The summed E-state index contributed by atoms with van der Waals surface area (Å²) in [6, 6.07) is 4.99. The number of aliphatic hydroxyl groups excluding tert-OH is 1. The number of ether oxygens (including phenoxy) is 1. The summed E-state index contributed by atoms with van der Waals surface area (Å²) in [7, 11) is 0. The molecule has 0 spiro atoms. The minimum Gasteiger partial charge on any atom is -0.392 e. The fraction of sp³-hybridized carbons (Fsp3) is 0.350. The molecule has 2 unspecified atom stereocenters. The Kier molecular flexibility index (Phi) is 5.53. The first-order chi connectivity index (χ1) is 14.0. The summed E-state index contributed by atoms with van der Waals surface area (Å²) >= 11 is 1.15. The van der Waals surface area contributed by atoms with Crippen LogP contribution >= 0.6 is 11.3 Å². The second-order valence-corrected chi connectivity index (χ2v) is 8.01. The third-order valence-electron chi connectivity index (χ3n) is 4.75. The third-order valence-corrected chi connectivity index (χ3v) is 5.75. The minimum atomic E-state index is -0.999. The molecule has 0 radical (unpaired) electrons. The van der Waals surface area contributed by atoms with Gasteiger partial charge >= 0.3 is 0 Å². The van der Waals surface area contributed by atoms with E-state index in [1.165, 1.54) is 6.07 Å². The standard InChI is InChI=1S/C20H20F2N4O2S/c1-11-8-26(9-12(2)28-11)18-14(10-27)7-15(16(21)17(18)22)20-25-24-19(29-20)13-3-5-23-6-4-13/h3-7,11-12,27H,8-10H2,1-2H3. The van der Waals surface area contributed by atoms with Gasteiger partial charge in [-0.15, -0.1) is 10.2 Å². The topological polar surface area (TPSA) is 71.4 Å². The van der Waals surface area contributed by atoms with Gasteiger partial charge in [0.1, 0.15) is 5.01 Å². The van der Waals surface area contributed by atoms with Gasteiger partial charge in [-0.25, -0.2) is 8.78 Å². The van der Waals surface area contributed by atoms with Crippen LogP contribution in [0.3, 0.4) is 0 Å². The molecule has 0 bridgehead atoms. The molecule has 4 rings (SSSR count). The number of halogens is 2. The van der Waals surface area contributed by atoms with E-state index in [0.29, 0.717) is 23.7 Å². The zero-order valence-corrected chi connectivity index (χ0v) is 16.8. The fourth-order valence-electron chi connectivity index (χ4n) is 3.59. The molecule has 2 aromatic heterocycles. The summed E-state index contributed by atoms with van der Waals surface area (Å²) in [5.74, 6) is -1.99. The monoisotopic (exact) mass is 418 g/mol. The van der Waals surface area contributed by atoms with Crippen LogP contribution in [0.1, 0.15) is 19.4 Å². The van der Waals surface area contributed by atoms with Crippen molar-refractivity contribution in [2.75, 3.05) is 18.0 Å². The molecule has 152 valence electrons. The molecule has 1 N–H and O–H groups in total. The van der Waals surface area contributed by atoms with Crippen LogP contribution in [0.15, 0.2) is 30.6 Å². The number of anilines is 1.